The van der Waals surface area contributed by atoms with Gasteiger partial charge in [0.15, 0.2) is 0 Å². The third kappa shape index (κ3) is 5.24. The van der Waals surface area contributed by atoms with Crippen LogP contribution in [0.4, 0.5) is 23.2 Å². The molecule has 0 aliphatic carbocycles. The number of anilines is 1. The molecule has 0 radical (unpaired) electrons. The molecule has 114 valence electrons. The number of nitrogens with two attached hydrogens (primary N) is 1. The van der Waals surface area contributed by atoms with Crippen LogP contribution in [0.5, 0.6) is 5.75 Å². The fourth-order valence-corrected chi connectivity index (χ4v) is 1.88. The average molecular weight is 294 g/mol. The molecule has 1 saturated heterocycles. The van der Waals surface area contributed by atoms with Gasteiger partial charge < -0.3 is 15.7 Å². The summed E-state index contributed by atoms with van der Waals surface area (Å²) in [5, 5.41) is 8.80. The van der Waals surface area contributed by atoms with Gasteiger partial charge in [0.05, 0.1) is 5.56 Å². The predicted molar refractivity (Wildman–Crippen MR) is 69.1 cm³/mol. The Labute approximate surface area is 115 Å². The van der Waals surface area contributed by atoms with Crippen molar-refractivity contribution in [1.82, 2.24) is 4.90 Å². The van der Waals surface area contributed by atoms with E-state index in [9.17, 15) is 17.6 Å². The maximum atomic E-state index is 12.4. The summed E-state index contributed by atoms with van der Waals surface area (Å²) in [6.07, 6.45) is -3.32. The molecule has 20 heavy (non-hydrogen) atoms. The highest BCUT2D eigenvalue weighted by molar-refractivity contribution is 5.48. The molecular formula is C13H18F4N2O. The lowest BCUT2D eigenvalue weighted by atomic mass is 10.1. The van der Waals surface area contributed by atoms with Crippen molar-refractivity contribution in [1.29, 1.82) is 0 Å². The second-order valence-corrected chi connectivity index (χ2v) is 4.78. The summed E-state index contributed by atoms with van der Waals surface area (Å²) in [6.45, 7) is 1.71. The zero-order chi connectivity index (χ0) is 15.3. The van der Waals surface area contributed by atoms with Crippen molar-refractivity contribution >= 4 is 5.69 Å². The normalized spacial score (nSPS) is 20.1. The lowest BCUT2D eigenvalue weighted by Crippen LogP contribution is -2.32. The number of piperidine rings is 1. The number of rotatable bonds is 0. The van der Waals surface area contributed by atoms with Gasteiger partial charge in [-0.3, -0.25) is 0 Å². The maximum Gasteiger partial charge on any atom is 0.420 e. The summed E-state index contributed by atoms with van der Waals surface area (Å²) < 4.78 is 48.4. The molecule has 1 atom stereocenters. The molecule has 1 aromatic rings. The van der Waals surface area contributed by atoms with Gasteiger partial charge in [-0.1, -0.05) is 0 Å². The van der Waals surface area contributed by atoms with Gasteiger partial charge in [-0.15, -0.1) is 0 Å². The number of nitrogen functional groups attached to an aromatic ring is 1. The number of phenols is 1. The molecule has 1 heterocycles. The van der Waals surface area contributed by atoms with E-state index in [1.54, 1.807) is 0 Å². The molecule has 1 unspecified atom stereocenters. The molecular weight excluding hydrogens is 276 g/mol. The molecule has 3 N–H and O–H groups in total. The van der Waals surface area contributed by atoms with Crippen molar-refractivity contribution in [2.75, 3.05) is 25.9 Å². The lowest BCUT2D eigenvalue weighted by molar-refractivity contribution is -0.138. The van der Waals surface area contributed by atoms with E-state index in [1.807, 2.05) is 11.9 Å². The van der Waals surface area contributed by atoms with Gasteiger partial charge >= 0.3 is 6.18 Å². The molecule has 2 rings (SSSR count). The van der Waals surface area contributed by atoms with Crippen molar-refractivity contribution in [2.45, 2.75) is 25.2 Å². The Morgan fingerprint density at radius 2 is 2.00 bits per heavy atom. The summed E-state index contributed by atoms with van der Waals surface area (Å²) >= 11 is 0. The van der Waals surface area contributed by atoms with Crippen molar-refractivity contribution in [2.24, 2.45) is 0 Å². The van der Waals surface area contributed by atoms with E-state index < -0.39 is 23.7 Å². The average Bonchev–Trinajstić information content (AvgIpc) is 2.31. The predicted octanol–water partition coefficient (Wildman–Crippen LogP) is 3.04. The van der Waals surface area contributed by atoms with Crippen LogP contribution in [0, 0.1) is 0 Å². The zero-order valence-electron chi connectivity index (χ0n) is 11.1. The van der Waals surface area contributed by atoms with E-state index in [4.69, 9.17) is 10.8 Å². The number of nitrogens with zero attached hydrogens (tertiary/aromatic N) is 1. The summed E-state index contributed by atoms with van der Waals surface area (Å²) in [7, 11) is 1.96. The number of halogens is 4. The monoisotopic (exact) mass is 294 g/mol. The van der Waals surface area contributed by atoms with Crippen LogP contribution >= 0.6 is 0 Å². The Kier molecular flexibility index (Phi) is 5.62. The van der Waals surface area contributed by atoms with E-state index >= 15 is 0 Å². The number of phenolic OH excluding ortho intramolecular Hbond substituents is 1. The molecule has 1 aromatic carbocycles. The number of benzene rings is 1. The molecule has 7 heteroatoms. The lowest BCUT2D eigenvalue weighted by Gasteiger charge is -2.24. The Morgan fingerprint density at radius 1 is 1.35 bits per heavy atom. The molecule has 1 aliphatic heterocycles. The fourth-order valence-electron chi connectivity index (χ4n) is 1.88. The number of hydrogen-bond donors (Lipinski definition) is 2. The minimum atomic E-state index is -4.56. The van der Waals surface area contributed by atoms with Crippen LogP contribution in [0.25, 0.3) is 0 Å². The van der Waals surface area contributed by atoms with E-state index in [-0.39, 0.29) is 5.69 Å². The third-order valence-corrected chi connectivity index (χ3v) is 2.89. The molecule has 0 bridgehead atoms. The Bertz CT molecular complexity index is 429. The number of likely N-dealkylation sites (tertiary alicyclic amines) is 1. The Morgan fingerprint density at radius 3 is 2.40 bits per heavy atom. The SMILES string of the molecule is CN1CCCC(F)C1.Nc1ccc(O)c(C(F)(F)F)c1. The Balaban J connectivity index is 0.000000217. The standard InChI is InChI=1S/C7H6F3NO.C6H12FN/c8-7(9,10)5-3-4(11)1-2-6(5)12;1-8-4-2-3-6(7)5-8/h1-3,12H,11H2;6H,2-5H2,1H3. The van der Waals surface area contributed by atoms with Gasteiger partial charge in [0, 0.05) is 12.2 Å². The molecule has 0 amide bonds. The van der Waals surface area contributed by atoms with Crippen LogP contribution in [0.15, 0.2) is 18.2 Å². The van der Waals surface area contributed by atoms with Crippen LogP contribution in [0.3, 0.4) is 0 Å². The quantitative estimate of drug-likeness (QED) is 0.439. The first-order valence-corrected chi connectivity index (χ1v) is 6.18. The van der Waals surface area contributed by atoms with E-state index in [0.29, 0.717) is 12.6 Å². The molecule has 3 nitrogen and oxygen atoms in total. The van der Waals surface area contributed by atoms with Gasteiger partial charge in [-0.2, -0.15) is 13.2 Å². The first-order chi connectivity index (χ1) is 9.20. The smallest absolute Gasteiger partial charge is 0.420 e. The molecule has 0 aromatic heterocycles. The number of alkyl halides is 4. The number of hydrogen-bond acceptors (Lipinski definition) is 3. The van der Waals surface area contributed by atoms with E-state index in [1.165, 1.54) is 6.07 Å². The highest BCUT2D eigenvalue weighted by atomic mass is 19.4. The fraction of sp³-hybridized carbons (Fsp3) is 0.538. The summed E-state index contributed by atoms with van der Waals surface area (Å²) in [5.41, 5.74) is 3.98. The highest BCUT2D eigenvalue weighted by Crippen LogP contribution is 2.36. The summed E-state index contributed by atoms with van der Waals surface area (Å²) in [4.78, 5) is 2.04. The van der Waals surface area contributed by atoms with Gasteiger partial charge in [-0.05, 0) is 44.6 Å². The first kappa shape index (κ1) is 16.6. The van der Waals surface area contributed by atoms with Crippen molar-refractivity contribution < 1.29 is 22.7 Å². The Hall–Kier alpha value is -1.50. The first-order valence-electron chi connectivity index (χ1n) is 6.18. The van der Waals surface area contributed by atoms with E-state index in [2.05, 4.69) is 0 Å². The van der Waals surface area contributed by atoms with Gasteiger partial charge in [0.1, 0.15) is 11.9 Å². The second kappa shape index (κ2) is 6.78. The maximum absolute atomic E-state index is 12.4. The zero-order valence-corrected chi connectivity index (χ0v) is 11.1. The van der Waals surface area contributed by atoms with Crippen LogP contribution in [-0.2, 0) is 6.18 Å². The van der Waals surface area contributed by atoms with Gasteiger partial charge in [0.25, 0.3) is 0 Å². The topological polar surface area (TPSA) is 49.5 Å². The molecule has 0 saturated carbocycles. The minimum absolute atomic E-state index is 0.0277. The largest absolute Gasteiger partial charge is 0.507 e. The molecule has 1 fully saturated rings. The van der Waals surface area contributed by atoms with E-state index in [0.717, 1.165) is 25.5 Å². The van der Waals surface area contributed by atoms with Crippen LogP contribution in [0.2, 0.25) is 0 Å². The van der Waals surface area contributed by atoms with Crippen LogP contribution in [0.1, 0.15) is 18.4 Å². The second-order valence-electron chi connectivity index (χ2n) is 4.78. The van der Waals surface area contributed by atoms with Crippen LogP contribution in [-0.4, -0.2) is 36.3 Å². The highest BCUT2D eigenvalue weighted by Gasteiger charge is 2.33. The van der Waals surface area contributed by atoms with Crippen LogP contribution < -0.4 is 5.73 Å². The van der Waals surface area contributed by atoms with Crippen molar-refractivity contribution in [3.8, 4) is 5.75 Å². The van der Waals surface area contributed by atoms with Crippen molar-refractivity contribution in [3.63, 3.8) is 0 Å². The third-order valence-electron chi connectivity index (χ3n) is 2.89. The minimum Gasteiger partial charge on any atom is -0.507 e. The van der Waals surface area contributed by atoms with Crippen molar-refractivity contribution in [3.05, 3.63) is 23.8 Å². The molecule has 0 spiro atoms. The van der Waals surface area contributed by atoms with Gasteiger partial charge in [0.2, 0.25) is 0 Å². The number of aromatic hydroxyl groups is 1. The van der Waals surface area contributed by atoms with Gasteiger partial charge in [-0.25, -0.2) is 4.39 Å². The summed E-state index contributed by atoms with van der Waals surface area (Å²) in [5.74, 6) is -0.809. The molecule has 1 aliphatic rings. The summed E-state index contributed by atoms with van der Waals surface area (Å²) in [6, 6.07) is 2.80.